The highest BCUT2D eigenvalue weighted by molar-refractivity contribution is 8.01. The lowest BCUT2D eigenvalue weighted by Crippen LogP contribution is -2.43. The zero-order valence-corrected chi connectivity index (χ0v) is 17.3. The van der Waals surface area contributed by atoms with Crippen LogP contribution < -0.4 is 0 Å². The summed E-state index contributed by atoms with van der Waals surface area (Å²) in [4.78, 5) is 29.1. The largest absolute Gasteiger partial charge is 0.444 e. The second-order valence-corrected chi connectivity index (χ2v) is 9.93. The van der Waals surface area contributed by atoms with Crippen LogP contribution in [0.15, 0.2) is 22.5 Å². The summed E-state index contributed by atoms with van der Waals surface area (Å²) in [5, 5.41) is 10.9. The van der Waals surface area contributed by atoms with Gasteiger partial charge < -0.3 is 9.64 Å². The summed E-state index contributed by atoms with van der Waals surface area (Å²) >= 11 is 3.20. The second-order valence-electron chi connectivity index (χ2n) is 7.63. The fraction of sp³-hybridized carbons (Fsp3) is 0.556. The third-order valence-corrected chi connectivity index (χ3v) is 6.59. The third-order valence-electron chi connectivity index (χ3n) is 4.18. The highest BCUT2D eigenvalue weighted by Crippen LogP contribution is 2.33. The number of rotatable bonds is 4. The number of piperidine rings is 1. The molecule has 2 heterocycles. The van der Waals surface area contributed by atoms with Crippen LogP contribution in [-0.2, 0) is 4.74 Å². The molecule has 0 radical (unpaired) electrons. The molecule has 1 aliphatic rings. The van der Waals surface area contributed by atoms with E-state index >= 15 is 0 Å². The van der Waals surface area contributed by atoms with Gasteiger partial charge in [-0.25, -0.2) is 9.78 Å². The predicted molar refractivity (Wildman–Crippen MR) is 108 cm³/mol. The summed E-state index contributed by atoms with van der Waals surface area (Å²) in [6, 6.07) is 4.77. The Morgan fingerprint density at radius 1 is 1.48 bits per heavy atom. The number of nitrogens with zero attached hydrogens (tertiary/aromatic N) is 3. The average Bonchev–Trinajstić information content (AvgIpc) is 3.00. The van der Waals surface area contributed by atoms with E-state index in [0.717, 1.165) is 34.2 Å². The number of ether oxygens (including phenoxy) is 1. The number of nitro benzene ring substituents is 1. The van der Waals surface area contributed by atoms with Gasteiger partial charge in [0.05, 0.1) is 15.1 Å². The van der Waals surface area contributed by atoms with Crippen LogP contribution in [0.1, 0.15) is 33.6 Å². The number of amides is 1. The molecule has 1 amide bonds. The first-order valence-electron chi connectivity index (χ1n) is 8.87. The van der Waals surface area contributed by atoms with Crippen molar-refractivity contribution in [2.75, 3.05) is 18.8 Å². The summed E-state index contributed by atoms with van der Waals surface area (Å²) < 4.78 is 7.32. The second kappa shape index (κ2) is 8.02. The van der Waals surface area contributed by atoms with Crippen molar-refractivity contribution in [3.63, 3.8) is 0 Å². The predicted octanol–water partition coefficient (Wildman–Crippen LogP) is 4.94. The SMILES string of the molecule is CC(C)(C)OC(=O)N1CCCC(CSc2nc3cc([N+](=O)[O-])ccc3s2)C1. The highest BCUT2D eigenvalue weighted by atomic mass is 32.2. The average molecular weight is 410 g/mol. The number of nitro groups is 1. The van der Waals surface area contributed by atoms with Crippen LogP contribution in [0.25, 0.3) is 10.2 Å². The molecule has 1 aliphatic heterocycles. The smallest absolute Gasteiger partial charge is 0.410 e. The Balaban J connectivity index is 1.58. The molecule has 9 heteroatoms. The number of carbonyl (C=O) groups is 1. The first-order chi connectivity index (χ1) is 12.7. The molecular formula is C18H23N3O4S2. The molecule has 1 atom stereocenters. The van der Waals surface area contributed by atoms with Crippen LogP contribution in [0.2, 0.25) is 0 Å². The van der Waals surface area contributed by atoms with Crippen molar-refractivity contribution < 1.29 is 14.5 Å². The van der Waals surface area contributed by atoms with Gasteiger partial charge in [-0.3, -0.25) is 10.1 Å². The lowest BCUT2D eigenvalue weighted by atomic mass is 10.0. The Morgan fingerprint density at radius 3 is 2.96 bits per heavy atom. The number of carbonyl (C=O) groups excluding carboxylic acids is 1. The van der Waals surface area contributed by atoms with E-state index in [-0.39, 0.29) is 11.8 Å². The van der Waals surface area contributed by atoms with Crippen molar-refractivity contribution in [2.45, 2.75) is 43.6 Å². The van der Waals surface area contributed by atoms with Gasteiger partial charge in [0.2, 0.25) is 0 Å². The van der Waals surface area contributed by atoms with Gasteiger partial charge >= 0.3 is 6.09 Å². The summed E-state index contributed by atoms with van der Waals surface area (Å²) in [5.41, 5.74) is 0.239. The number of fused-ring (bicyclic) bond motifs is 1. The molecule has 0 spiro atoms. The first-order valence-corrected chi connectivity index (χ1v) is 10.7. The van der Waals surface area contributed by atoms with E-state index in [0.29, 0.717) is 18.0 Å². The zero-order valence-electron chi connectivity index (χ0n) is 15.6. The van der Waals surface area contributed by atoms with Crippen LogP contribution in [0.4, 0.5) is 10.5 Å². The molecule has 0 bridgehead atoms. The Bertz CT molecular complexity index is 847. The van der Waals surface area contributed by atoms with Gasteiger partial charge in [0.1, 0.15) is 5.60 Å². The number of non-ortho nitro benzene ring substituents is 1. The maximum atomic E-state index is 12.3. The number of hydrogen-bond donors (Lipinski definition) is 0. The lowest BCUT2D eigenvalue weighted by molar-refractivity contribution is -0.384. The van der Waals surface area contributed by atoms with Crippen molar-refractivity contribution in [3.05, 3.63) is 28.3 Å². The monoisotopic (exact) mass is 409 g/mol. The minimum Gasteiger partial charge on any atom is -0.444 e. The molecule has 7 nitrogen and oxygen atoms in total. The molecule has 1 saturated heterocycles. The summed E-state index contributed by atoms with van der Waals surface area (Å²) in [7, 11) is 0. The molecular weight excluding hydrogens is 386 g/mol. The van der Waals surface area contributed by atoms with Gasteiger partial charge in [0.25, 0.3) is 5.69 Å². The minimum atomic E-state index is -0.484. The zero-order chi connectivity index (χ0) is 19.6. The summed E-state index contributed by atoms with van der Waals surface area (Å²) in [5.74, 6) is 1.25. The van der Waals surface area contributed by atoms with Gasteiger partial charge in [0, 0.05) is 31.0 Å². The number of thioether (sulfide) groups is 1. The molecule has 0 aliphatic carbocycles. The molecule has 3 rings (SSSR count). The van der Waals surface area contributed by atoms with Crippen molar-refractivity contribution >= 4 is 45.1 Å². The van der Waals surface area contributed by atoms with Crippen LogP contribution in [0, 0.1) is 16.0 Å². The van der Waals surface area contributed by atoms with Crippen molar-refractivity contribution in [3.8, 4) is 0 Å². The van der Waals surface area contributed by atoms with E-state index < -0.39 is 10.5 Å². The molecule has 2 aromatic rings. The lowest BCUT2D eigenvalue weighted by Gasteiger charge is -2.33. The molecule has 1 aromatic carbocycles. The summed E-state index contributed by atoms with van der Waals surface area (Å²) in [6.07, 6.45) is 1.80. The topological polar surface area (TPSA) is 85.6 Å². The van der Waals surface area contributed by atoms with E-state index in [4.69, 9.17) is 4.74 Å². The fourth-order valence-electron chi connectivity index (χ4n) is 2.95. The van der Waals surface area contributed by atoms with E-state index in [1.807, 2.05) is 20.8 Å². The summed E-state index contributed by atoms with van der Waals surface area (Å²) in [6.45, 7) is 7.05. The Morgan fingerprint density at radius 2 is 2.26 bits per heavy atom. The fourth-order valence-corrected chi connectivity index (χ4v) is 5.15. The molecule has 27 heavy (non-hydrogen) atoms. The number of thiazole rings is 1. The molecule has 1 aromatic heterocycles. The molecule has 1 fully saturated rings. The third kappa shape index (κ3) is 5.32. The van der Waals surface area contributed by atoms with Crippen LogP contribution >= 0.6 is 23.1 Å². The Labute approximate surface area is 166 Å². The van der Waals surface area contributed by atoms with E-state index in [1.54, 1.807) is 34.1 Å². The maximum Gasteiger partial charge on any atom is 0.410 e. The van der Waals surface area contributed by atoms with Crippen molar-refractivity contribution in [1.82, 2.24) is 9.88 Å². The Hall–Kier alpha value is -1.87. The number of benzene rings is 1. The molecule has 146 valence electrons. The van der Waals surface area contributed by atoms with Gasteiger partial charge in [-0.15, -0.1) is 11.3 Å². The standard InChI is InChI=1S/C18H23N3O4S2/c1-18(2,3)25-17(22)20-8-4-5-12(10-20)11-26-16-19-14-9-13(21(23)24)6-7-15(14)27-16/h6-7,9,12H,4-5,8,10-11H2,1-3H3. The normalized spacial score (nSPS) is 17.9. The quantitative estimate of drug-likeness (QED) is 0.404. The van der Waals surface area contributed by atoms with Gasteiger partial charge in [-0.05, 0) is 45.6 Å². The van der Waals surface area contributed by atoms with Crippen LogP contribution in [0.5, 0.6) is 0 Å². The van der Waals surface area contributed by atoms with E-state index in [2.05, 4.69) is 4.98 Å². The van der Waals surface area contributed by atoms with Crippen molar-refractivity contribution in [2.24, 2.45) is 5.92 Å². The van der Waals surface area contributed by atoms with Gasteiger partial charge in [0.15, 0.2) is 4.34 Å². The first kappa shape index (κ1) is 19.9. The maximum absolute atomic E-state index is 12.3. The number of aromatic nitrogens is 1. The van der Waals surface area contributed by atoms with E-state index in [9.17, 15) is 14.9 Å². The number of likely N-dealkylation sites (tertiary alicyclic amines) is 1. The molecule has 0 saturated carbocycles. The number of hydrogen-bond acceptors (Lipinski definition) is 7. The van der Waals surface area contributed by atoms with Gasteiger partial charge in [-0.1, -0.05) is 11.8 Å². The molecule has 1 unspecified atom stereocenters. The van der Waals surface area contributed by atoms with Crippen LogP contribution in [-0.4, -0.2) is 45.3 Å². The van der Waals surface area contributed by atoms with E-state index in [1.165, 1.54) is 12.1 Å². The highest BCUT2D eigenvalue weighted by Gasteiger charge is 2.27. The van der Waals surface area contributed by atoms with Crippen molar-refractivity contribution in [1.29, 1.82) is 0 Å². The van der Waals surface area contributed by atoms with Crippen LogP contribution in [0.3, 0.4) is 0 Å². The molecule has 0 N–H and O–H groups in total. The Kier molecular flexibility index (Phi) is 5.90. The van der Waals surface area contributed by atoms with Gasteiger partial charge in [-0.2, -0.15) is 0 Å². The minimum absolute atomic E-state index is 0.0598.